The normalized spacial score (nSPS) is 17.1. The summed E-state index contributed by atoms with van der Waals surface area (Å²) in [6.07, 6.45) is 6.84. The molecule has 1 aliphatic carbocycles. The zero-order chi connectivity index (χ0) is 25.7. The Kier molecular flexibility index (Phi) is 7.30. The second-order valence-corrected chi connectivity index (χ2v) is 9.64. The van der Waals surface area contributed by atoms with Gasteiger partial charge in [-0.05, 0) is 31.4 Å². The van der Waals surface area contributed by atoms with Crippen molar-refractivity contribution in [3.63, 3.8) is 0 Å². The highest BCUT2D eigenvalue weighted by molar-refractivity contribution is 5.95. The average molecular weight is 514 g/mol. The van der Waals surface area contributed by atoms with E-state index in [2.05, 4.69) is 15.0 Å². The second kappa shape index (κ2) is 11.3. The number of hydrogen-bond acceptors (Lipinski definition) is 7. The van der Waals surface area contributed by atoms with Crippen LogP contribution in [0.5, 0.6) is 0 Å². The Bertz CT molecular complexity index is 1380. The highest BCUT2D eigenvalue weighted by atomic mass is 16.7. The molecule has 1 saturated carbocycles. The minimum Gasteiger partial charge on any atom is -0.379 e. The molecule has 4 aromatic rings. The molecule has 0 spiro atoms. The molecule has 9 nitrogen and oxygen atoms in total. The van der Waals surface area contributed by atoms with Crippen LogP contribution in [0.2, 0.25) is 0 Å². The van der Waals surface area contributed by atoms with Crippen LogP contribution >= 0.6 is 0 Å². The Morgan fingerprint density at radius 1 is 1.08 bits per heavy atom. The largest absolute Gasteiger partial charge is 0.379 e. The predicted octanol–water partition coefficient (Wildman–Crippen LogP) is 4.15. The summed E-state index contributed by atoms with van der Waals surface area (Å²) in [5.74, 6) is 0.692. The van der Waals surface area contributed by atoms with Crippen LogP contribution in [0.1, 0.15) is 29.6 Å². The van der Waals surface area contributed by atoms with Gasteiger partial charge in [-0.15, -0.1) is 0 Å². The van der Waals surface area contributed by atoms with Crippen LogP contribution in [0.4, 0.5) is 5.82 Å². The van der Waals surface area contributed by atoms with E-state index < -0.39 is 0 Å². The van der Waals surface area contributed by atoms with Gasteiger partial charge in [-0.2, -0.15) is 0 Å². The van der Waals surface area contributed by atoms with Gasteiger partial charge >= 0.3 is 0 Å². The number of fused-ring (bicyclic) bond motifs is 1. The molecule has 38 heavy (non-hydrogen) atoms. The van der Waals surface area contributed by atoms with E-state index in [0.717, 1.165) is 47.4 Å². The van der Waals surface area contributed by atoms with Crippen molar-refractivity contribution >= 4 is 17.4 Å². The Morgan fingerprint density at radius 3 is 2.68 bits per heavy atom. The first-order valence-corrected chi connectivity index (χ1v) is 13.1. The van der Waals surface area contributed by atoms with Gasteiger partial charge in [-0.25, -0.2) is 9.97 Å². The van der Waals surface area contributed by atoms with Crippen molar-refractivity contribution in [3.05, 3.63) is 72.6 Å². The number of nitrogens with one attached hydrogen (secondary N) is 2. The van der Waals surface area contributed by atoms with E-state index in [1.54, 1.807) is 0 Å². The molecular weight excluding hydrogens is 482 g/mol. The maximum Gasteiger partial charge on any atom is 0.251 e. The van der Waals surface area contributed by atoms with E-state index in [1.165, 1.54) is 0 Å². The average Bonchev–Trinajstić information content (AvgIpc) is 3.43. The second-order valence-electron chi connectivity index (χ2n) is 9.64. The van der Waals surface area contributed by atoms with Crippen molar-refractivity contribution in [2.75, 3.05) is 38.5 Å². The van der Waals surface area contributed by atoms with Crippen molar-refractivity contribution in [2.24, 2.45) is 0 Å². The first-order chi connectivity index (χ1) is 18.7. The number of ether oxygens (including phenoxy) is 3. The molecule has 2 aromatic carbocycles. The first kappa shape index (κ1) is 24.5. The standard InChI is InChI=1S/C29H31N5O4/c35-29(32-23-11-12-23)22-9-7-21(8-10-22)26-15-31-28-27(30-13-4-14-36-17-24-18-37-19-38-24)33-25(16-34(26)28)20-5-2-1-3-6-20/h1-3,5-10,15-16,23-24H,4,11-14,17-19H2,(H,30,33)(H,32,35). The summed E-state index contributed by atoms with van der Waals surface area (Å²) in [6, 6.07) is 18.1. The third-order valence-electron chi connectivity index (χ3n) is 6.67. The molecule has 0 bridgehead atoms. The van der Waals surface area contributed by atoms with Crippen LogP contribution in [0.15, 0.2) is 67.0 Å². The van der Waals surface area contributed by atoms with E-state index in [-0.39, 0.29) is 12.0 Å². The summed E-state index contributed by atoms with van der Waals surface area (Å²) in [4.78, 5) is 22.0. The van der Waals surface area contributed by atoms with Crippen molar-refractivity contribution in [1.82, 2.24) is 19.7 Å². The summed E-state index contributed by atoms with van der Waals surface area (Å²) in [5, 5.41) is 6.50. The number of carbonyl (C=O) groups is 1. The van der Waals surface area contributed by atoms with Crippen molar-refractivity contribution in [3.8, 4) is 22.5 Å². The molecule has 2 fully saturated rings. The number of benzene rings is 2. The summed E-state index contributed by atoms with van der Waals surface area (Å²) in [5.41, 5.74) is 5.17. The van der Waals surface area contributed by atoms with Gasteiger partial charge in [0.2, 0.25) is 0 Å². The number of aromatic nitrogens is 3. The Labute approximate surface area is 221 Å². The third kappa shape index (κ3) is 5.70. The van der Waals surface area contributed by atoms with Crippen molar-refractivity contribution in [2.45, 2.75) is 31.4 Å². The lowest BCUT2D eigenvalue weighted by Crippen LogP contribution is -2.25. The number of amides is 1. The maximum absolute atomic E-state index is 12.4. The molecular formula is C29H31N5O4. The van der Waals surface area contributed by atoms with Crippen molar-refractivity contribution in [1.29, 1.82) is 0 Å². The van der Waals surface area contributed by atoms with Crippen LogP contribution in [0, 0.1) is 0 Å². The Balaban J connectivity index is 1.21. The van der Waals surface area contributed by atoms with E-state index in [4.69, 9.17) is 24.2 Å². The molecule has 1 atom stereocenters. The lowest BCUT2D eigenvalue weighted by Gasteiger charge is -2.12. The first-order valence-electron chi connectivity index (χ1n) is 13.1. The molecule has 1 aliphatic heterocycles. The molecule has 6 rings (SSSR count). The minimum atomic E-state index is -0.0210. The Hall–Kier alpha value is -3.79. The fraction of sp³-hybridized carbons (Fsp3) is 0.345. The highest BCUT2D eigenvalue weighted by Crippen LogP contribution is 2.28. The topological polar surface area (TPSA) is 99.0 Å². The van der Waals surface area contributed by atoms with Crippen LogP contribution in [-0.2, 0) is 14.2 Å². The van der Waals surface area contributed by atoms with Gasteiger partial charge in [0.15, 0.2) is 11.5 Å². The highest BCUT2D eigenvalue weighted by Gasteiger charge is 2.24. The number of anilines is 1. The lowest BCUT2D eigenvalue weighted by molar-refractivity contribution is 0.00522. The molecule has 9 heteroatoms. The zero-order valence-corrected chi connectivity index (χ0v) is 21.1. The number of imidazole rings is 1. The molecule has 3 heterocycles. The maximum atomic E-state index is 12.4. The molecule has 2 aromatic heterocycles. The van der Waals surface area contributed by atoms with Gasteiger partial charge in [0.1, 0.15) is 12.9 Å². The van der Waals surface area contributed by atoms with Gasteiger partial charge < -0.3 is 24.8 Å². The Morgan fingerprint density at radius 2 is 1.92 bits per heavy atom. The SMILES string of the molecule is O=C(NC1CC1)c1ccc(-c2cnc3c(NCCCOCC4COCO4)nc(-c4ccccc4)cn23)cc1. The summed E-state index contributed by atoms with van der Waals surface area (Å²) < 4.78 is 18.4. The van der Waals surface area contributed by atoms with Crippen LogP contribution < -0.4 is 10.6 Å². The summed E-state index contributed by atoms with van der Waals surface area (Å²) in [7, 11) is 0. The molecule has 0 radical (unpaired) electrons. The molecule has 1 amide bonds. The molecule has 196 valence electrons. The lowest BCUT2D eigenvalue weighted by atomic mass is 10.1. The van der Waals surface area contributed by atoms with Gasteiger partial charge in [0.05, 0.1) is 30.8 Å². The quantitative estimate of drug-likeness (QED) is 0.291. The fourth-order valence-electron chi connectivity index (χ4n) is 4.42. The molecule has 2 aliphatic rings. The molecule has 2 N–H and O–H groups in total. The van der Waals surface area contributed by atoms with Gasteiger partial charge in [0, 0.05) is 42.1 Å². The molecule has 1 unspecified atom stereocenters. The van der Waals surface area contributed by atoms with Gasteiger partial charge in [-0.1, -0.05) is 42.5 Å². The van der Waals surface area contributed by atoms with E-state index >= 15 is 0 Å². The fourth-order valence-corrected chi connectivity index (χ4v) is 4.42. The summed E-state index contributed by atoms with van der Waals surface area (Å²) in [6.45, 7) is 2.78. The minimum absolute atomic E-state index is 0.0210. The van der Waals surface area contributed by atoms with Crippen LogP contribution in [0.25, 0.3) is 28.2 Å². The molecule has 1 saturated heterocycles. The van der Waals surface area contributed by atoms with Gasteiger partial charge in [-0.3, -0.25) is 9.20 Å². The predicted molar refractivity (Wildman–Crippen MR) is 144 cm³/mol. The smallest absolute Gasteiger partial charge is 0.251 e. The number of hydrogen-bond donors (Lipinski definition) is 2. The number of nitrogens with zero attached hydrogens (tertiary/aromatic N) is 3. The van der Waals surface area contributed by atoms with E-state index in [0.29, 0.717) is 50.6 Å². The third-order valence-corrected chi connectivity index (χ3v) is 6.67. The van der Waals surface area contributed by atoms with Crippen molar-refractivity contribution < 1.29 is 19.0 Å². The monoisotopic (exact) mass is 513 g/mol. The van der Waals surface area contributed by atoms with E-state index in [9.17, 15) is 4.79 Å². The number of carbonyl (C=O) groups excluding carboxylic acids is 1. The van der Waals surface area contributed by atoms with Crippen LogP contribution in [-0.4, -0.2) is 65.6 Å². The van der Waals surface area contributed by atoms with E-state index in [1.807, 2.05) is 67.0 Å². The van der Waals surface area contributed by atoms with Crippen LogP contribution in [0.3, 0.4) is 0 Å². The van der Waals surface area contributed by atoms with Gasteiger partial charge in [0.25, 0.3) is 5.91 Å². The number of rotatable bonds is 11. The summed E-state index contributed by atoms with van der Waals surface area (Å²) >= 11 is 0. The zero-order valence-electron chi connectivity index (χ0n) is 21.1.